The summed E-state index contributed by atoms with van der Waals surface area (Å²) in [5.74, 6) is -0.0628. The van der Waals surface area contributed by atoms with E-state index in [2.05, 4.69) is 5.10 Å². The van der Waals surface area contributed by atoms with E-state index in [1.54, 1.807) is 21.6 Å². The molecule has 1 aliphatic rings. The van der Waals surface area contributed by atoms with Gasteiger partial charge in [0.2, 0.25) is 0 Å². The van der Waals surface area contributed by atoms with Crippen LogP contribution in [0.4, 0.5) is 0 Å². The van der Waals surface area contributed by atoms with E-state index in [0.29, 0.717) is 11.6 Å². The molecule has 0 bridgehead atoms. The number of rotatable bonds is 3. The predicted molar refractivity (Wildman–Crippen MR) is 100 cm³/mol. The standard InChI is InChI=1S/C21H22N4O/c26-21(17-10-12-19(13-11-17)25-16-6-14-22-25)24-15-5-4-9-20(24)23-18-7-2-1-3-8-18/h4-6,9-16,18H,1-3,7-8H2. The van der Waals surface area contributed by atoms with Crippen LogP contribution in [0.1, 0.15) is 42.5 Å². The molecule has 0 aliphatic heterocycles. The van der Waals surface area contributed by atoms with Crippen LogP contribution >= 0.6 is 0 Å². The van der Waals surface area contributed by atoms with Crippen LogP contribution in [0.15, 0.2) is 72.1 Å². The zero-order valence-electron chi connectivity index (χ0n) is 14.7. The van der Waals surface area contributed by atoms with Gasteiger partial charge in [-0.2, -0.15) is 5.10 Å². The fourth-order valence-electron chi connectivity index (χ4n) is 3.43. The molecule has 1 aliphatic carbocycles. The minimum atomic E-state index is -0.0628. The largest absolute Gasteiger partial charge is 0.268 e. The van der Waals surface area contributed by atoms with Crippen LogP contribution in [0.25, 0.3) is 5.69 Å². The number of carbonyl (C=O) groups excluding carboxylic acids is 1. The van der Waals surface area contributed by atoms with Crippen molar-refractivity contribution in [2.75, 3.05) is 0 Å². The summed E-state index contributed by atoms with van der Waals surface area (Å²) in [5.41, 5.74) is 2.30. The van der Waals surface area contributed by atoms with Gasteiger partial charge in [-0.3, -0.25) is 14.4 Å². The summed E-state index contributed by atoms with van der Waals surface area (Å²) in [6.07, 6.45) is 11.4. The Morgan fingerprint density at radius 3 is 2.50 bits per heavy atom. The minimum absolute atomic E-state index is 0.0628. The van der Waals surface area contributed by atoms with Crippen LogP contribution < -0.4 is 5.49 Å². The molecule has 1 fully saturated rings. The summed E-state index contributed by atoms with van der Waals surface area (Å²) < 4.78 is 3.42. The average molecular weight is 346 g/mol. The van der Waals surface area contributed by atoms with E-state index in [1.807, 2.05) is 54.7 Å². The average Bonchev–Trinajstić information content (AvgIpc) is 3.24. The van der Waals surface area contributed by atoms with Crippen molar-refractivity contribution in [3.8, 4) is 5.69 Å². The third kappa shape index (κ3) is 3.52. The smallest absolute Gasteiger partial charge is 0.263 e. The second-order valence-corrected chi connectivity index (χ2v) is 6.65. The van der Waals surface area contributed by atoms with E-state index in [4.69, 9.17) is 4.99 Å². The molecule has 26 heavy (non-hydrogen) atoms. The third-order valence-corrected chi connectivity index (χ3v) is 4.83. The molecule has 4 rings (SSSR count). The molecule has 3 aromatic rings. The first-order valence-corrected chi connectivity index (χ1v) is 9.17. The number of aromatic nitrogens is 3. The summed E-state index contributed by atoms with van der Waals surface area (Å²) in [6, 6.07) is 15.4. The van der Waals surface area contributed by atoms with E-state index in [-0.39, 0.29) is 5.91 Å². The van der Waals surface area contributed by atoms with Crippen molar-refractivity contribution in [1.29, 1.82) is 0 Å². The molecule has 0 atom stereocenters. The molecule has 1 saturated carbocycles. The van der Waals surface area contributed by atoms with Crippen LogP contribution in [0.5, 0.6) is 0 Å². The van der Waals surface area contributed by atoms with Gasteiger partial charge in [0.25, 0.3) is 5.91 Å². The number of hydrogen-bond donors (Lipinski definition) is 0. The number of hydrogen-bond acceptors (Lipinski definition) is 3. The second kappa shape index (κ2) is 7.52. The Morgan fingerprint density at radius 1 is 0.962 bits per heavy atom. The second-order valence-electron chi connectivity index (χ2n) is 6.65. The van der Waals surface area contributed by atoms with Crippen molar-refractivity contribution in [1.82, 2.24) is 14.3 Å². The molecular formula is C21H22N4O. The summed E-state index contributed by atoms with van der Waals surface area (Å²) in [6.45, 7) is 0. The Morgan fingerprint density at radius 2 is 1.77 bits per heavy atom. The maximum atomic E-state index is 13.0. The monoisotopic (exact) mass is 346 g/mol. The highest BCUT2D eigenvalue weighted by Gasteiger charge is 2.13. The predicted octanol–water partition coefficient (Wildman–Crippen LogP) is 3.60. The minimum Gasteiger partial charge on any atom is -0.268 e. The van der Waals surface area contributed by atoms with Crippen LogP contribution in [0.2, 0.25) is 0 Å². The van der Waals surface area contributed by atoms with Crippen LogP contribution in [0.3, 0.4) is 0 Å². The number of nitrogens with zero attached hydrogens (tertiary/aromatic N) is 4. The molecule has 0 unspecified atom stereocenters. The van der Waals surface area contributed by atoms with Crippen molar-refractivity contribution >= 4 is 5.91 Å². The molecule has 0 saturated heterocycles. The fraction of sp³-hybridized carbons (Fsp3) is 0.286. The van der Waals surface area contributed by atoms with E-state index in [9.17, 15) is 4.79 Å². The Kier molecular flexibility index (Phi) is 4.78. The van der Waals surface area contributed by atoms with Gasteiger partial charge >= 0.3 is 0 Å². The quantitative estimate of drug-likeness (QED) is 0.728. The summed E-state index contributed by atoms with van der Waals surface area (Å²) >= 11 is 0. The molecule has 0 amide bonds. The lowest BCUT2D eigenvalue weighted by Crippen LogP contribution is -2.29. The highest BCUT2D eigenvalue weighted by molar-refractivity contribution is 5.95. The summed E-state index contributed by atoms with van der Waals surface area (Å²) in [7, 11) is 0. The molecule has 5 nitrogen and oxygen atoms in total. The number of carbonyl (C=O) groups is 1. The van der Waals surface area contributed by atoms with Gasteiger partial charge < -0.3 is 0 Å². The molecule has 1 aromatic carbocycles. The first kappa shape index (κ1) is 16.5. The Hall–Kier alpha value is -2.95. The zero-order valence-corrected chi connectivity index (χ0v) is 14.7. The first-order valence-electron chi connectivity index (χ1n) is 9.17. The van der Waals surface area contributed by atoms with Crippen molar-refractivity contribution in [2.24, 2.45) is 4.99 Å². The normalized spacial score (nSPS) is 15.9. The Bertz CT molecular complexity index is 933. The van der Waals surface area contributed by atoms with Crippen molar-refractivity contribution in [3.05, 3.63) is 78.2 Å². The highest BCUT2D eigenvalue weighted by Crippen LogP contribution is 2.19. The maximum Gasteiger partial charge on any atom is 0.263 e. The fourth-order valence-corrected chi connectivity index (χ4v) is 3.43. The summed E-state index contributed by atoms with van der Waals surface area (Å²) in [5, 5.41) is 4.21. The lowest BCUT2D eigenvalue weighted by molar-refractivity contribution is 0.0954. The topological polar surface area (TPSA) is 52.2 Å². The van der Waals surface area contributed by atoms with Crippen molar-refractivity contribution in [2.45, 2.75) is 38.1 Å². The molecule has 0 radical (unpaired) electrons. The van der Waals surface area contributed by atoms with Gasteiger partial charge in [0.1, 0.15) is 5.49 Å². The third-order valence-electron chi connectivity index (χ3n) is 4.83. The van der Waals surface area contributed by atoms with Crippen molar-refractivity contribution in [3.63, 3.8) is 0 Å². The number of benzene rings is 1. The molecule has 0 spiro atoms. The first-order chi connectivity index (χ1) is 12.8. The van der Waals surface area contributed by atoms with Gasteiger partial charge in [-0.05, 0) is 55.3 Å². The van der Waals surface area contributed by atoms with Gasteiger partial charge in [-0.15, -0.1) is 0 Å². The van der Waals surface area contributed by atoms with Gasteiger partial charge in [-0.1, -0.05) is 25.3 Å². The van der Waals surface area contributed by atoms with Crippen LogP contribution in [-0.2, 0) is 0 Å². The lowest BCUT2D eigenvalue weighted by atomic mass is 9.96. The molecule has 2 aromatic heterocycles. The number of pyridine rings is 1. The van der Waals surface area contributed by atoms with E-state index < -0.39 is 0 Å². The van der Waals surface area contributed by atoms with Gasteiger partial charge in [0.15, 0.2) is 0 Å². The van der Waals surface area contributed by atoms with Crippen LogP contribution in [0, 0.1) is 0 Å². The molecule has 2 heterocycles. The molecule has 5 heteroatoms. The molecule has 132 valence electrons. The van der Waals surface area contributed by atoms with Crippen LogP contribution in [-0.4, -0.2) is 26.3 Å². The Balaban J connectivity index is 1.63. The zero-order chi connectivity index (χ0) is 17.8. The lowest BCUT2D eigenvalue weighted by Gasteiger charge is -2.17. The van der Waals surface area contributed by atoms with Gasteiger partial charge in [0.05, 0.1) is 11.7 Å². The van der Waals surface area contributed by atoms with E-state index in [0.717, 1.165) is 24.0 Å². The highest BCUT2D eigenvalue weighted by atomic mass is 16.2. The molecule has 0 N–H and O–H groups in total. The van der Waals surface area contributed by atoms with Gasteiger partial charge in [0, 0.05) is 24.2 Å². The molecular weight excluding hydrogens is 324 g/mol. The van der Waals surface area contributed by atoms with E-state index >= 15 is 0 Å². The van der Waals surface area contributed by atoms with Crippen molar-refractivity contribution < 1.29 is 4.79 Å². The SMILES string of the molecule is O=C(c1ccc(-n2cccn2)cc1)n1ccccc1=NC1CCCCC1. The van der Waals surface area contributed by atoms with E-state index in [1.165, 1.54) is 19.3 Å². The Labute approximate surface area is 152 Å². The summed E-state index contributed by atoms with van der Waals surface area (Å²) in [4.78, 5) is 17.8. The maximum absolute atomic E-state index is 13.0. The van der Waals surface area contributed by atoms with Gasteiger partial charge in [-0.25, -0.2) is 4.68 Å².